The first-order valence-corrected chi connectivity index (χ1v) is 8.49. The van der Waals surface area contributed by atoms with Crippen molar-refractivity contribution in [3.8, 4) is 11.8 Å². The summed E-state index contributed by atoms with van der Waals surface area (Å²) >= 11 is 12.2. The van der Waals surface area contributed by atoms with Crippen LogP contribution in [0.3, 0.4) is 0 Å². The molecule has 26 heavy (non-hydrogen) atoms. The molecule has 0 saturated heterocycles. The van der Waals surface area contributed by atoms with Crippen LogP contribution in [0, 0.1) is 11.3 Å². The number of benzene rings is 3. The number of anilines is 2. The van der Waals surface area contributed by atoms with E-state index in [1.807, 2.05) is 18.2 Å². The third kappa shape index (κ3) is 2.78. The fourth-order valence-electron chi connectivity index (χ4n) is 2.93. The van der Waals surface area contributed by atoms with Crippen LogP contribution in [0.5, 0.6) is 5.75 Å². The molecule has 0 spiro atoms. The number of nitrogens with zero attached hydrogens (tertiary/aromatic N) is 2. The highest BCUT2D eigenvalue weighted by molar-refractivity contribution is 6.36. The van der Waals surface area contributed by atoms with E-state index in [0.29, 0.717) is 27.0 Å². The Morgan fingerprint density at radius 3 is 2.58 bits per heavy atom. The molecular formula is C20H11Cl2N3O. The average molecular weight is 380 g/mol. The maximum atomic E-state index is 9.69. The van der Waals surface area contributed by atoms with Gasteiger partial charge in [-0.15, -0.1) is 0 Å². The molecule has 0 bridgehead atoms. The molecule has 4 rings (SSSR count). The van der Waals surface area contributed by atoms with Gasteiger partial charge in [-0.1, -0.05) is 35.3 Å². The number of nitrogens with one attached hydrogen (secondary N) is 1. The van der Waals surface area contributed by atoms with Gasteiger partial charge in [0.1, 0.15) is 11.8 Å². The van der Waals surface area contributed by atoms with E-state index in [9.17, 15) is 10.4 Å². The fraction of sp³-hybridized carbons (Fsp3) is 0. The molecule has 126 valence electrons. The zero-order chi connectivity index (χ0) is 18.3. The van der Waals surface area contributed by atoms with E-state index in [2.05, 4.69) is 16.4 Å². The molecule has 0 aliphatic rings. The standard InChI is InChI=1S/C20H11Cl2N3O/c21-13-2-6-18(17(22)8-13)25-19-12(9-23)10-24-20-15-5-3-14(26)7-11(15)1-4-16(19)20/h1-8,10,26H,(H,24,25). The largest absolute Gasteiger partial charge is 0.508 e. The quantitative estimate of drug-likeness (QED) is 0.418. The summed E-state index contributed by atoms with van der Waals surface area (Å²) in [6.45, 7) is 0. The number of hydrogen-bond acceptors (Lipinski definition) is 4. The maximum Gasteiger partial charge on any atom is 0.116 e. The van der Waals surface area contributed by atoms with Crippen LogP contribution in [-0.2, 0) is 0 Å². The molecule has 0 amide bonds. The summed E-state index contributed by atoms with van der Waals surface area (Å²) in [6, 6.07) is 16.1. The third-order valence-corrected chi connectivity index (χ3v) is 4.70. The molecule has 1 aromatic heterocycles. The second-order valence-electron chi connectivity index (χ2n) is 5.78. The van der Waals surface area contributed by atoms with Gasteiger partial charge in [0.25, 0.3) is 0 Å². The summed E-state index contributed by atoms with van der Waals surface area (Å²) in [6.07, 6.45) is 1.53. The maximum absolute atomic E-state index is 9.69. The summed E-state index contributed by atoms with van der Waals surface area (Å²) in [4.78, 5) is 4.45. The lowest BCUT2D eigenvalue weighted by Crippen LogP contribution is -1.98. The van der Waals surface area contributed by atoms with Crippen LogP contribution in [-0.4, -0.2) is 10.1 Å². The first-order chi connectivity index (χ1) is 12.6. The number of pyridine rings is 1. The topological polar surface area (TPSA) is 68.9 Å². The third-order valence-electron chi connectivity index (χ3n) is 4.15. The number of hydrogen-bond donors (Lipinski definition) is 2. The molecule has 2 N–H and O–H groups in total. The van der Waals surface area contributed by atoms with Crippen molar-refractivity contribution >= 4 is 56.3 Å². The van der Waals surface area contributed by atoms with Gasteiger partial charge in [-0.2, -0.15) is 5.26 Å². The highest BCUT2D eigenvalue weighted by Crippen LogP contribution is 2.36. The Balaban J connectivity index is 1.97. The number of aromatic hydroxyl groups is 1. The second-order valence-corrected chi connectivity index (χ2v) is 6.62. The minimum absolute atomic E-state index is 0.191. The van der Waals surface area contributed by atoms with Crippen molar-refractivity contribution in [1.82, 2.24) is 4.98 Å². The van der Waals surface area contributed by atoms with E-state index in [0.717, 1.165) is 21.7 Å². The van der Waals surface area contributed by atoms with Gasteiger partial charge in [0.2, 0.25) is 0 Å². The molecular weight excluding hydrogens is 369 g/mol. The first kappa shape index (κ1) is 16.5. The Hall–Kier alpha value is -3.00. The lowest BCUT2D eigenvalue weighted by molar-refractivity contribution is 0.476. The minimum Gasteiger partial charge on any atom is -0.508 e. The summed E-state index contributed by atoms with van der Waals surface area (Å²) < 4.78 is 0. The number of aromatic nitrogens is 1. The zero-order valence-electron chi connectivity index (χ0n) is 13.3. The molecule has 0 aliphatic heterocycles. The lowest BCUT2D eigenvalue weighted by atomic mass is 10.0. The zero-order valence-corrected chi connectivity index (χ0v) is 14.8. The van der Waals surface area contributed by atoms with Crippen molar-refractivity contribution in [1.29, 1.82) is 5.26 Å². The van der Waals surface area contributed by atoms with E-state index < -0.39 is 0 Å². The summed E-state index contributed by atoms with van der Waals surface area (Å²) in [5, 5.41) is 25.9. The van der Waals surface area contributed by atoms with Crippen LogP contribution in [0.1, 0.15) is 5.56 Å². The van der Waals surface area contributed by atoms with E-state index in [4.69, 9.17) is 23.2 Å². The molecule has 3 aromatic carbocycles. The molecule has 6 heteroatoms. The summed E-state index contributed by atoms with van der Waals surface area (Å²) in [7, 11) is 0. The van der Waals surface area contributed by atoms with Crippen molar-refractivity contribution in [2.75, 3.05) is 5.32 Å². The molecule has 4 nitrogen and oxygen atoms in total. The Morgan fingerprint density at radius 1 is 1.00 bits per heavy atom. The highest BCUT2D eigenvalue weighted by Gasteiger charge is 2.13. The molecule has 0 unspecified atom stereocenters. The van der Waals surface area contributed by atoms with Crippen LogP contribution < -0.4 is 5.32 Å². The molecule has 1 heterocycles. The molecule has 0 radical (unpaired) electrons. The van der Waals surface area contributed by atoms with Gasteiger partial charge < -0.3 is 10.4 Å². The Kier molecular flexibility index (Phi) is 4.04. The van der Waals surface area contributed by atoms with Gasteiger partial charge in [-0.25, -0.2) is 0 Å². The van der Waals surface area contributed by atoms with Crippen molar-refractivity contribution in [2.45, 2.75) is 0 Å². The van der Waals surface area contributed by atoms with E-state index in [-0.39, 0.29) is 5.75 Å². The smallest absolute Gasteiger partial charge is 0.116 e. The molecule has 0 fully saturated rings. The number of halogens is 2. The molecule has 0 atom stereocenters. The van der Waals surface area contributed by atoms with Crippen LogP contribution in [0.2, 0.25) is 10.0 Å². The van der Waals surface area contributed by atoms with Crippen molar-refractivity contribution in [3.05, 3.63) is 70.3 Å². The van der Waals surface area contributed by atoms with Crippen LogP contribution in [0.25, 0.3) is 21.7 Å². The van der Waals surface area contributed by atoms with E-state index in [1.165, 1.54) is 6.20 Å². The van der Waals surface area contributed by atoms with Gasteiger partial charge in [-0.05, 0) is 41.8 Å². The van der Waals surface area contributed by atoms with E-state index in [1.54, 1.807) is 30.3 Å². The highest BCUT2D eigenvalue weighted by atomic mass is 35.5. The second kappa shape index (κ2) is 6.38. The Labute approximate surface area is 159 Å². The Morgan fingerprint density at radius 2 is 1.81 bits per heavy atom. The summed E-state index contributed by atoms with van der Waals surface area (Å²) in [5.74, 6) is 0.191. The van der Waals surface area contributed by atoms with Crippen molar-refractivity contribution < 1.29 is 5.11 Å². The normalized spacial score (nSPS) is 10.8. The molecule has 0 aliphatic carbocycles. The Bertz CT molecular complexity index is 1220. The number of phenols is 1. The predicted octanol–water partition coefficient (Wildman–Crippen LogP) is 6.02. The fourth-order valence-corrected chi connectivity index (χ4v) is 3.38. The van der Waals surface area contributed by atoms with Crippen LogP contribution in [0.15, 0.2) is 54.7 Å². The average Bonchev–Trinajstić information content (AvgIpc) is 2.63. The van der Waals surface area contributed by atoms with Crippen LogP contribution >= 0.6 is 23.2 Å². The number of rotatable bonds is 2. The summed E-state index contributed by atoms with van der Waals surface area (Å²) in [5.41, 5.74) is 2.40. The monoisotopic (exact) mass is 379 g/mol. The molecule has 0 saturated carbocycles. The first-order valence-electron chi connectivity index (χ1n) is 7.73. The number of fused-ring (bicyclic) bond motifs is 3. The van der Waals surface area contributed by atoms with Gasteiger partial charge in [0.15, 0.2) is 0 Å². The minimum atomic E-state index is 0.191. The van der Waals surface area contributed by atoms with Crippen molar-refractivity contribution in [2.24, 2.45) is 0 Å². The predicted molar refractivity (Wildman–Crippen MR) is 105 cm³/mol. The van der Waals surface area contributed by atoms with Crippen LogP contribution in [0.4, 0.5) is 11.4 Å². The number of nitriles is 1. The molecule has 4 aromatic rings. The number of phenolic OH excluding ortho intramolecular Hbond substituents is 1. The lowest BCUT2D eigenvalue weighted by Gasteiger charge is -2.14. The van der Waals surface area contributed by atoms with Gasteiger partial charge in [-0.3, -0.25) is 4.98 Å². The van der Waals surface area contributed by atoms with Crippen molar-refractivity contribution in [3.63, 3.8) is 0 Å². The van der Waals surface area contributed by atoms with Gasteiger partial charge in [0, 0.05) is 22.0 Å². The SMILES string of the molecule is N#Cc1cnc2c(ccc3cc(O)ccc32)c1Nc1ccc(Cl)cc1Cl. The van der Waals surface area contributed by atoms with Gasteiger partial charge in [0.05, 0.1) is 27.5 Å². The van der Waals surface area contributed by atoms with Gasteiger partial charge >= 0.3 is 0 Å². The van der Waals surface area contributed by atoms with E-state index >= 15 is 0 Å².